The first-order valence-corrected chi connectivity index (χ1v) is 8.33. The molecule has 0 bridgehead atoms. The van der Waals surface area contributed by atoms with Crippen LogP contribution >= 0.6 is 0 Å². The Morgan fingerprint density at radius 2 is 1.69 bits per heavy atom. The van der Waals surface area contributed by atoms with Crippen molar-refractivity contribution >= 4 is 11.6 Å². The maximum Gasteiger partial charge on any atom is 0.433 e. The smallest absolute Gasteiger partial charge is 0.390 e. The van der Waals surface area contributed by atoms with Gasteiger partial charge in [-0.05, 0) is 42.3 Å². The van der Waals surface area contributed by atoms with E-state index in [1.807, 2.05) is 0 Å². The molecule has 0 spiro atoms. The molecular formula is C19H15F5N4O. The highest BCUT2D eigenvalue weighted by Gasteiger charge is 2.33. The lowest BCUT2D eigenvalue weighted by molar-refractivity contribution is -0.141. The first-order chi connectivity index (χ1) is 13.6. The molecule has 0 saturated carbocycles. The topological polar surface area (TPSA) is 70.9 Å². The Kier molecular flexibility index (Phi) is 5.47. The van der Waals surface area contributed by atoms with E-state index >= 15 is 0 Å². The molecule has 1 aromatic carbocycles. The van der Waals surface area contributed by atoms with Gasteiger partial charge in [0, 0.05) is 23.6 Å². The molecule has 3 aromatic rings. The van der Waals surface area contributed by atoms with Gasteiger partial charge in [-0.15, -0.1) is 0 Å². The predicted octanol–water partition coefficient (Wildman–Crippen LogP) is 4.69. The molecule has 29 heavy (non-hydrogen) atoms. The number of halogens is 5. The number of rotatable bonds is 5. The van der Waals surface area contributed by atoms with Crippen molar-refractivity contribution in [3.05, 3.63) is 65.7 Å². The van der Waals surface area contributed by atoms with Crippen LogP contribution in [0, 0.1) is 6.92 Å². The first-order valence-electron chi connectivity index (χ1n) is 8.33. The van der Waals surface area contributed by atoms with E-state index < -0.39 is 30.1 Å². The van der Waals surface area contributed by atoms with Crippen molar-refractivity contribution in [1.29, 1.82) is 0 Å². The van der Waals surface area contributed by atoms with E-state index in [4.69, 9.17) is 5.11 Å². The molecule has 0 aliphatic heterocycles. The van der Waals surface area contributed by atoms with Crippen molar-refractivity contribution in [2.45, 2.75) is 19.0 Å². The van der Waals surface area contributed by atoms with Crippen LogP contribution in [-0.2, 0) is 12.1 Å². The van der Waals surface area contributed by atoms with Crippen LogP contribution in [-0.4, -0.2) is 26.7 Å². The number of aryl methyl sites for hydroxylation is 1. The number of alkyl halides is 5. The Labute approximate surface area is 162 Å². The normalized spacial score (nSPS) is 12.1. The summed E-state index contributed by atoms with van der Waals surface area (Å²) in [6.07, 6.45) is -2.36. The monoisotopic (exact) mass is 410 g/mol. The van der Waals surface area contributed by atoms with Crippen LogP contribution in [0.5, 0.6) is 0 Å². The Bertz CT molecular complexity index is 1010. The summed E-state index contributed by atoms with van der Waals surface area (Å²) in [4.78, 5) is 10.9. The lowest BCUT2D eigenvalue weighted by atomic mass is 10.0. The number of aliphatic hydroxyl groups excluding tert-OH is 1. The van der Waals surface area contributed by atoms with E-state index in [1.165, 1.54) is 12.3 Å². The molecule has 0 unspecified atom stereocenters. The molecule has 0 saturated heterocycles. The summed E-state index contributed by atoms with van der Waals surface area (Å²) in [5.74, 6) is -3.67. The van der Waals surface area contributed by atoms with E-state index in [1.54, 1.807) is 25.1 Å². The molecule has 0 amide bonds. The number of anilines is 2. The van der Waals surface area contributed by atoms with Crippen LogP contribution in [0.1, 0.15) is 17.0 Å². The van der Waals surface area contributed by atoms with Gasteiger partial charge in [-0.2, -0.15) is 22.0 Å². The fourth-order valence-corrected chi connectivity index (χ4v) is 2.59. The molecule has 2 aromatic heterocycles. The lowest BCUT2D eigenvalue weighted by Crippen LogP contribution is -2.19. The van der Waals surface area contributed by atoms with Gasteiger partial charge in [0.25, 0.3) is 0 Å². The molecule has 0 aliphatic rings. The summed E-state index contributed by atoms with van der Waals surface area (Å²) >= 11 is 0. The Balaban J connectivity index is 1.89. The van der Waals surface area contributed by atoms with Crippen molar-refractivity contribution in [3.63, 3.8) is 0 Å². The van der Waals surface area contributed by atoms with Crippen LogP contribution in [0.15, 0.2) is 48.8 Å². The quantitative estimate of drug-likeness (QED) is 0.597. The zero-order chi connectivity index (χ0) is 21.2. The Morgan fingerprint density at radius 3 is 2.31 bits per heavy atom. The molecule has 10 heteroatoms. The number of nitrogens with zero attached hydrogens (tertiary/aromatic N) is 3. The SMILES string of the molecule is Cc1cc(Nc2nccc(C(F)(F)F)n2)cc(-c2ccc(C(F)(F)CO)nc2)c1. The van der Waals surface area contributed by atoms with Gasteiger partial charge >= 0.3 is 12.1 Å². The van der Waals surface area contributed by atoms with Gasteiger partial charge in [0.05, 0.1) is 0 Å². The van der Waals surface area contributed by atoms with Crippen LogP contribution in [0.4, 0.5) is 33.6 Å². The number of nitrogens with one attached hydrogen (secondary N) is 1. The molecular weight excluding hydrogens is 395 g/mol. The molecule has 0 radical (unpaired) electrons. The van der Waals surface area contributed by atoms with Gasteiger partial charge in [0.15, 0.2) is 0 Å². The summed E-state index contributed by atoms with van der Waals surface area (Å²) < 4.78 is 65.4. The van der Waals surface area contributed by atoms with Gasteiger partial charge < -0.3 is 10.4 Å². The second-order valence-electron chi connectivity index (χ2n) is 6.27. The van der Waals surface area contributed by atoms with Gasteiger partial charge in [-0.25, -0.2) is 9.97 Å². The van der Waals surface area contributed by atoms with Crippen molar-refractivity contribution in [1.82, 2.24) is 15.0 Å². The molecule has 2 N–H and O–H groups in total. The van der Waals surface area contributed by atoms with Gasteiger partial charge in [0.2, 0.25) is 5.95 Å². The summed E-state index contributed by atoms with van der Waals surface area (Å²) in [6, 6.07) is 8.34. The largest absolute Gasteiger partial charge is 0.433 e. The summed E-state index contributed by atoms with van der Waals surface area (Å²) in [5.41, 5.74) is 0.662. The Hall–Kier alpha value is -3.14. The molecule has 5 nitrogen and oxygen atoms in total. The van der Waals surface area contributed by atoms with Crippen molar-refractivity contribution < 1.29 is 27.1 Å². The molecule has 152 valence electrons. The molecule has 2 heterocycles. The summed E-state index contributed by atoms with van der Waals surface area (Å²) in [7, 11) is 0. The fraction of sp³-hybridized carbons (Fsp3) is 0.211. The minimum absolute atomic E-state index is 0.229. The highest BCUT2D eigenvalue weighted by Crippen LogP contribution is 2.31. The van der Waals surface area contributed by atoms with Gasteiger partial charge in [-0.1, -0.05) is 12.1 Å². The van der Waals surface area contributed by atoms with E-state index in [2.05, 4.69) is 20.3 Å². The summed E-state index contributed by atoms with van der Waals surface area (Å²) in [5, 5.41) is 11.5. The molecule has 0 fully saturated rings. The predicted molar refractivity (Wildman–Crippen MR) is 95.7 cm³/mol. The molecule has 0 aliphatic carbocycles. The number of pyridine rings is 1. The number of aromatic nitrogens is 3. The first kappa shape index (κ1) is 20.6. The van der Waals surface area contributed by atoms with Crippen molar-refractivity contribution in [3.8, 4) is 11.1 Å². The zero-order valence-electron chi connectivity index (χ0n) is 15.0. The third kappa shape index (κ3) is 4.83. The highest BCUT2D eigenvalue weighted by molar-refractivity contribution is 5.70. The number of hydrogen-bond acceptors (Lipinski definition) is 5. The Morgan fingerprint density at radius 1 is 0.931 bits per heavy atom. The highest BCUT2D eigenvalue weighted by atomic mass is 19.4. The van der Waals surface area contributed by atoms with Crippen LogP contribution in [0.3, 0.4) is 0 Å². The second-order valence-corrected chi connectivity index (χ2v) is 6.27. The number of benzene rings is 1. The minimum Gasteiger partial charge on any atom is -0.390 e. The van der Waals surface area contributed by atoms with Crippen LogP contribution in [0.2, 0.25) is 0 Å². The average Bonchev–Trinajstić information content (AvgIpc) is 2.67. The fourth-order valence-electron chi connectivity index (χ4n) is 2.59. The van der Waals surface area contributed by atoms with E-state index in [9.17, 15) is 22.0 Å². The van der Waals surface area contributed by atoms with Gasteiger partial charge in [-0.3, -0.25) is 4.98 Å². The zero-order valence-corrected chi connectivity index (χ0v) is 15.0. The van der Waals surface area contributed by atoms with E-state index in [-0.39, 0.29) is 5.95 Å². The summed E-state index contributed by atoms with van der Waals surface area (Å²) in [6.45, 7) is 0.415. The number of hydrogen-bond donors (Lipinski definition) is 2. The molecule has 3 rings (SSSR count). The van der Waals surface area contributed by atoms with Crippen LogP contribution < -0.4 is 5.32 Å². The maximum absolute atomic E-state index is 13.5. The molecule has 0 atom stereocenters. The standard InChI is InChI=1S/C19H15F5N4O/c1-11-6-13(12-2-3-15(26-9-12)18(20,21)10-29)8-14(7-11)27-17-25-5-4-16(28-17)19(22,23)24/h2-9,29H,10H2,1H3,(H,25,27,28). The van der Waals surface area contributed by atoms with E-state index in [0.717, 1.165) is 23.9 Å². The van der Waals surface area contributed by atoms with E-state index in [0.29, 0.717) is 16.8 Å². The third-order valence-corrected chi connectivity index (χ3v) is 3.95. The lowest BCUT2D eigenvalue weighted by Gasteiger charge is -2.13. The second kappa shape index (κ2) is 7.70. The maximum atomic E-state index is 13.5. The minimum atomic E-state index is -4.60. The van der Waals surface area contributed by atoms with Crippen molar-refractivity contribution in [2.75, 3.05) is 11.9 Å². The van der Waals surface area contributed by atoms with Gasteiger partial charge in [0.1, 0.15) is 18.0 Å². The third-order valence-electron chi connectivity index (χ3n) is 3.95. The van der Waals surface area contributed by atoms with Crippen molar-refractivity contribution in [2.24, 2.45) is 0 Å². The average molecular weight is 410 g/mol. The van der Waals surface area contributed by atoms with Crippen LogP contribution in [0.25, 0.3) is 11.1 Å². The number of aliphatic hydroxyl groups is 1.